The molecule has 1 aromatic carbocycles. The van der Waals surface area contributed by atoms with Crippen molar-refractivity contribution in [2.45, 2.75) is 32.3 Å². The number of ether oxygens (including phenoxy) is 1. The zero-order valence-corrected chi connectivity index (χ0v) is 11.3. The fourth-order valence-electron chi connectivity index (χ4n) is 3.23. The molecule has 4 rings (SSSR count). The topological polar surface area (TPSA) is 63.7 Å². The van der Waals surface area contributed by atoms with Gasteiger partial charge in [-0.05, 0) is 43.9 Å². The molecule has 0 atom stereocenters. The first-order chi connectivity index (χ1) is 10.2. The summed E-state index contributed by atoms with van der Waals surface area (Å²) in [5, 5.41) is 0. The van der Waals surface area contributed by atoms with Gasteiger partial charge in [0, 0.05) is 16.7 Å². The zero-order valence-electron chi connectivity index (χ0n) is 11.3. The molecule has 106 valence electrons. The van der Waals surface area contributed by atoms with Gasteiger partial charge in [-0.3, -0.25) is 9.59 Å². The number of carbonyl (C=O) groups excluding carboxylic acids is 3. The third kappa shape index (κ3) is 1.67. The minimum absolute atomic E-state index is 0.200. The lowest BCUT2D eigenvalue weighted by molar-refractivity contribution is -0.120. The Balaban J connectivity index is 1.74. The highest BCUT2D eigenvalue weighted by molar-refractivity contribution is 6.33. The third-order valence-electron chi connectivity index (χ3n) is 4.32. The van der Waals surface area contributed by atoms with Crippen LogP contribution in [0, 0.1) is 0 Å². The molecule has 5 heteroatoms. The molecule has 0 radical (unpaired) electrons. The lowest BCUT2D eigenvalue weighted by Gasteiger charge is -2.15. The molecule has 3 aliphatic rings. The van der Waals surface area contributed by atoms with Gasteiger partial charge >= 0.3 is 5.97 Å². The molecular weight excluding hydrogens is 270 g/mol. The molecule has 1 aliphatic carbocycles. The van der Waals surface area contributed by atoms with Crippen molar-refractivity contribution in [2.75, 3.05) is 4.90 Å². The van der Waals surface area contributed by atoms with Crippen LogP contribution in [0.15, 0.2) is 29.3 Å². The standard InChI is InChI=1S/C16H13NO4/c18-14-12-3-1-2-4-13(12)15(19)17(14)10-5-6-11-9(7-10)8-21-16(11)20/h5-7H,1-4,8H2. The summed E-state index contributed by atoms with van der Waals surface area (Å²) < 4.78 is 4.95. The molecule has 0 N–H and O–H groups in total. The van der Waals surface area contributed by atoms with E-state index in [1.165, 1.54) is 4.90 Å². The van der Waals surface area contributed by atoms with E-state index in [1.807, 2.05) is 0 Å². The van der Waals surface area contributed by atoms with Crippen LogP contribution in [0.1, 0.15) is 41.6 Å². The second kappa shape index (κ2) is 4.28. The summed E-state index contributed by atoms with van der Waals surface area (Å²) in [6.45, 7) is 0.200. The van der Waals surface area contributed by atoms with Gasteiger partial charge in [0.05, 0.1) is 11.3 Å². The molecule has 0 aromatic heterocycles. The summed E-state index contributed by atoms with van der Waals surface area (Å²) in [6.07, 6.45) is 3.28. The smallest absolute Gasteiger partial charge is 0.338 e. The van der Waals surface area contributed by atoms with Crippen LogP contribution in [0.4, 0.5) is 5.69 Å². The third-order valence-corrected chi connectivity index (χ3v) is 4.32. The Hall–Kier alpha value is -2.43. The second-order valence-corrected chi connectivity index (χ2v) is 5.53. The summed E-state index contributed by atoms with van der Waals surface area (Å²) in [6, 6.07) is 4.96. The first-order valence-electron chi connectivity index (χ1n) is 7.07. The molecule has 2 amide bonds. The van der Waals surface area contributed by atoms with Gasteiger partial charge in [-0.1, -0.05) is 0 Å². The highest BCUT2D eigenvalue weighted by atomic mass is 16.5. The molecule has 21 heavy (non-hydrogen) atoms. The van der Waals surface area contributed by atoms with Crippen molar-refractivity contribution in [1.82, 2.24) is 0 Å². The first-order valence-corrected chi connectivity index (χ1v) is 7.07. The number of esters is 1. The van der Waals surface area contributed by atoms with Gasteiger partial charge in [-0.2, -0.15) is 0 Å². The summed E-state index contributed by atoms with van der Waals surface area (Å²) in [5.74, 6) is -0.771. The maximum Gasteiger partial charge on any atom is 0.338 e. The number of amides is 2. The van der Waals surface area contributed by atoms with Gasteiger partial charge in [0.15, 0.2) is 0 Å². The van der Waals surface area contributed by atoms with Crippen molar-refractivity contribution in [1.29, 1.82) is 0 Å². The number of carbonyl (C=O) groups is 3. The van der Waals surface area contributed by atoms with E-state index in [-0.39, 0.29) is 24.4 Å². The average molecular weight is 283 g/mol. The molecule has 0 spiro atoms. The average Bonchev–Trinajstić information content (AvgIpc) is 2.99. The summed E-state index contributed by atoms with van der Waals surface area (Å²) in [4.78, 5) is 37.6. The normalized spacial score (nSPS) is 20.8. The molecule has 0 bridgehead atoms. The van der Waals surface area contributed by atoms with E-state index < -0.39 is 0 Å². The van der Waals surface area contributed by atoms with Crippen LogP contribution < -0.4 is 4.90 Å². The number of nitrogens with zero attached hydrogens (tertiary/aromatic N) is 1. The quantitative estimate of drug-likeness (QED) is 0.585. The number of cyclic esters (lactones) is 1. The van der Waals surface area contributed by atoms with Gasteiger partial charge < -0.3 is 4.74 Å². The lowest BCUT2D eigenvalue weighted by Crippen LogP contribution is -2.31. The van der Waals surface area contributed by atoms with E-state index in [1.54, 1.807) is 18.2 Å². The van der Waals surface area contributed by atoms with Crippen molar-refractivity contribution < 1.29 is 19.1 Å². The van der Waals surface area contributed by atoms with Crippen LogP contribution in [-0.4, -0.2) is 17.8 Å². The van der Waals surface area contributed by atoms with Crippen LogP contribution in [-0.2, 0) is 20.9 Å². The summed E-state index contributed by atoms with van der Waals surface area (Å²) >= 11 is 0. The maximum atomic E-state index is 12.5. The highest BCUT2D eigenvalue weighted by Gasteiger charge is 2.40. The molecule has 5 nitrogen and oxygen atoms in total. The number of imide groups is 1. The Morgan fingerprint density at radius 3 is 2.29 bits per heavy atom. The monoisotopic (exact) mass is 283 g/mol. The first kappa shape index (κ1) is 12.3. The van der Waals surface area contributed by atoms with E-state index in [9.17, 15) is 14.4 Å². The van der Waals surface area contributed by atoms with Crippen molar-refractivity contribution in [3.05, 3.63) is 40.5 Å². The molecule has 0 saturated heterocycles. The predicted molar refractivity (Wildman–Crippen MR) is 73.5 cm³/mol. The molecular formula is C16H13NO4. The Bertz CT molecular complexity index is 704. The van der Waals surface area contributed by atoms with Gasteiger partial charge in [0.25, 0.3) is 11.8 Å². The Labute approximate surface area is 121 Å². The SMILES string of the molecule is O=C1OCc2cc(N3C(=O)C4=C(CCCC4)C3=O)ccc21. The largest absolute Gasteiger partial charge is 0.457 e. The predicted octanol–water partition coefficient (Wildman–Crippen LogP) is 2.10. The molecule has 1 aromatic rings. The maximum absolute atomic E-state index is 12.5. The minimum Gasteiger partial charge on any atom is -0.457 e. The molecule has 2 heterocycles. The lowest BCUT2D eigenvalue weighted by atomic mass is 9.93. The van der Waals surface area contributed by atoms with E-state index in [0.717, 1.165) is 18.4 Å². The fraction of sp³-hybridized carbons (Fsp3) is 0.312. The Morgan fingerprint density at radius 1 is 0.952 bits per heavy atom. The van der Waals surface area contributed by atoms with Crippen LogP contribution in [0.2, 0.25) is 0 Å². The highest BCUT2D eigenvalue weighted by Crippen LogP contribution is 2.36. The van der Waals surface area contributed by atoms with E-state index in [4.69, 9.17) is 4.74 Å². The summed E-state index contributed by atoms with van der Waals surface area (Å²) in [5.41, 5.74) is 3.09. The fourth-order valence-corrected chi connectivity index (χ4v) is 3.23. The number of fused-ring (bicyclic) bond motifs is 1. The minimum atomic E-state index is -0.354. The van der Waals surface area contributed by atoms with Crippen LogP contribution in [0.5, 0.6) is 0 Å². The number of hydrogen-bond donors (Lipinski definition) is 0. The van der Waals surface area contributed by atoms with Crippen molar-refractivity contribution >= 4 is 23.5 Å². The van der Waals surface area contributed by atoms with Crippen LogP contribution in [0.25, 0.3) is 0 Å². The molecule has 0 unspecified atom stereocenters. The molecule has 2 aliphatic heterocycles. The number of benzene rings is 1. The van der Waals surface area contributed by atoms with Crippen LogP contribution >= 0.6 is 0 Å². The molecule has 0 fully saturated rings. The van der Waals surface area contributed by atoms with Gasteiger partial charge in [-0.25, -0.2) is 9.69 Å². The van der Waals surface area contributed by atoms with Crippen molar-refractivity contribution in [3.8, 4) is 0 Å². The zero-order chi connectivity index (χ0) is 14.6. The Kier molecular flexibility index (Phi) is 2.51. The van der Waals surface area contributed by atoms with Gasteiger partial charge in [0.1, 0.15) is 6.61 Å². The van der Waals surface area contributed by atoms with E-state index in [0.29, 0.717) is 35.2 Å². The number of rotatable bonds is 1. The number of anilines is 1. The van der Waals surface area contributed by atoms with Crippen molar-refractivity contribution in [2.24, 2.45) is 0 Å². The van der Waals surface area contributed by atoms with Gasteiger partial charge in [-0.15, -0.1) is 0 Å². The second-order valence-electron chi connectivity index (χ2n) is 5.53. The Morgan fingerprint density at radius 2 is 1.62 bits per heavy atom. The molecule has 0 saturated carbocycles. The van der Waals surface area contributed by atoms with Crippen molar-refractivity contribution in [3.63, 3.8) is 0 Å². The van der Waals surface area contributed by atoms with Crippen LogP contribution in [0.3, 0.4) is 0 Å². The van der Waals surface area contributed by atoms with Gasteiger partial charge in [0.2, 0.25) is 0 Å². The number of hydrogen-bond acceptors (Lipinski definition) is 4. The van der Waals surface area contributed by atoms with E-state index in [2.05, 4.69) is 0 Å². The summed E-state index contributed by atoms with van der Waals surface area (Å²) in [7, 11) is 0. The van der Waals surface area contributed by atoms with E-state index >= 15 is 0 Å².